The molecular formula is C17H23N3O2S. The van der Waals surface area contributed by atoms with Crippen molar-refractivity contribution < 1.29 is 9.59 Å². The minimum absolute atomic E-state index is 0.0201. The Hall–Kier alpha value is -1.53. The lowest BCUT2D eigenvalue weighted by Gasteiger charge is -2.36. The molecule has 2 aliphatic heterocycles. The Balaban J connectivity index is 1.63. The Morgan fingerprint density at radius 2 is 1.91 bits per heavy atom. The van der Waals surface area contributed by atoms with Gasteiger partial charge in [0.25, 0.3) is 0 Å². The number of para-hydroxylation sites is 1. The second-order valence-corrected chi connectivity index (χ2v) is 6.98. The molecule has 2 aliphatic rings. The number of amides is 2. The van der Waals surface area contributed by atoms with Crippen molar-refractivity contribution in [1.82, 2.24) is 9.80 Å². The Labute approximate surface area is 141 Å². The number of rotatable bonds is 4. The zero-order valence-corrected chi connectivity index (χ0v) is 14.3. The van der Waals surface area contributed by atoms with Crippen LogP contribution in [-0.4, -0.2) is 66.6 Å². The second kappa shape index (κ2) is 7.36. The van der Waals surface area contributed by atoms with E-state index in [0.29, 0.717) is 5.75 Å². The van der Waals surface area contributed by atoms with E-state index in [1.807, 2.05) is 29.2 Å². The molecule has 124 valence electrons. The fourth-order valence-corrected chi connectivity index (χ4v) is 4.04. The number of benzene rings is 1. The van der Waals surface area contributed by atoms with E-state index < -0.39 is 0 Å². The lowest BCUT2D eigenvalue weighted by atomic mass is 10.2. The highest BCUT2D eigenvalue weighted by molar-refractivity contribution is 8.00. The highest BCUT2D eigenvalue weighted by atomic mass is 32.2. The standard InChI is InChI=1S/C17H23N3O2S/c1-2-7-18-8-10-19(11-9-18)16(21)12-20-14-5-3-4-6-15(14)23-13-17(20)22/h3-6H,2,7-13H2,1H3. The molecule has 0 aliphatic carbocycles. The van der Waals surface area contributed by atoms with Crippen LogP contribution in [-0.2, 0) is 9.59 Å². The lowest BCUT2D eigenvalue weighted by molar-refractivity contribution is -0.132. The van der Waals surface area contributed by atoms with E-state index in [0.717, 1.165) is 49.7 Å². The van der Waals surface area contributed by atoms with Crippen molar-refractivity contribution >= 4 is 29.3 Å². The van der Waals surface area contributed by atoms with E-state index in [2.05, 4.69) is 11.8 Å². The van der Waals surface area contributed by atoms with Crippen LogP contribution < -0.4 is 4.90 Å². The second-order valence-electron chi connectivity index (χ2n) is 5.96. The molecular weight excluding hydrogens is 310 g/mol. The van der Waals surface area contributed by atoms with Crippen LogP contribution in [0.1, 0.15) is 13.3 Å². The van der Waals surface area contributed by atoms with E-state index in [1.54, 1.807) is 16.7 Å². The molecule has 6 heteroatoms. The predicted molar refractivity (Wildman–Crippen MR) is 92.8 cm³/mol. The molecule has 0 unspecified atom stereocenters. The molecule has 3 rings (SSSR count). The van der Waals surface area contributed by atoms with Gasteiger partial charge in [-0.05, 0) is 25.1 Å². The third kappa shape index (κ3) is 3.70. The molecule has 5 nitrogen and oxygen atoms in total. The first-order valence-electron chi connectivity index (χ1n) is 8.21. The largest absolute Gasteiger partial charge is 0.339 e. The molecule has 0 saturated carbocycles. The van der Waals surface area contributed by atoms with Crippen LogP contribution in [0, 0.1) is 0 Å². The number of piperazine rings is 1. The van der Waals surface area contributed by atoms with Gasteiger partial charge in [-0.15, -0.1) is 11.8 Å². The number of anilines is 1. The minimum atomic E-state index is 0.0201. The summed E-state index contributed by atoms with van der Waals surface area (Å²) >= 11 is 1.55. The van der Waals surface area contributed by atoms with Crippen LogP contribution >= 0.6 is 11.8 Å². The van der Waals surface area contributed by atoms with Crippen LogP contribution in [0.4, 0.5) is 5.69 Å². The summed E-state index contributed by atoms with van der Waals surface area (Å²) in [7, 11) is 0. The number of hydrogen-bond acceptors (Lipinski definition) is 4. The summed E-state index contributed by atoms with van der Waals surface area (Å²) in [5.41, 5.74) is 0.867. The first kappa shape index (κ1) is 16.3. The van der Waals surface area contributed by atoms with Crippen molar-refractivity contribution in [3.05, 3.63) is 24.3 Å². The van der Waals surface area contributed by atoms with E-state index in [-0.39, 0.29) is 18.4 Å². The van der Waals surface area contributed by atoms with Crippen molar-refractivity contribution in [1.29, 1.82) is 0 Å². The molecule has 2 amide bonds. The molecule has 1 saturated heterocycles. The molecule has 2 heterocycles. The third-order valence-corrected chi connectivity index (χ3v) is 5.41. The van der Waals surface area contributed by atoms with Crippen molar-refractivity contribution in [2.75, 3.05) is 49.9 Å². The highest BCUT2D eigenvalue weighted by Crippen LogP contribution is 2.34. The van der Waals surface area contributed by atoms with Crippen LogP contribution in [0.3, 0.4) is 0 Å². The maximum absolute atomic E-state index is 12.6. The number of carbonyl (C=O) groups is 2. The summed E-state index contributed by atoms with van der Waals surface area (Å²) in [5, 5.41) is 0. The third-order valence-electron chi connectivity index (χ3n) is 4.37. The van der Waals surface area contributed by atoms with Crippen molar-refractivity contribution in [3.8, 4) is 0 Å². The Morgan fingerprint density at radius 3 is 2.65 bits per heavy atom. The number of carbonyl (C=O) groups excluding carboxylic acids is 2. The number of hydrogen-bond donors (Lipinski definition) is 0. The summed E-state index contributed by atoms with van der Waals surface area (Å²) in [6.45, 7) is 6.81. The molecule has 0 N–H and O–H groups in total. The molecule has 1 aromatic carbocycles. The first-order valence-corrected chi connectivity index (χ1v) is 9.20. The molecule has 1 fully saturated rings. The average molecular weight is 333 g/mol. The molecule has 0 radical (unpaired) electrons. The van der Waals surface area contributed by atoms with Gasteiger partial charge in [-0.1, -0.05) is 19.1 Å². The van der Waals surface area contributed by atoms with E-state index in [1.165, 1.54) is 0 Å². The van der Waals surface area contributed by atoms with Crippen molar-refractivity contribution in [2.24, 2.45) is 0 Å². The lowest BCUT2D eigenvalue weighted by Crippen LogP contribution is -2.52. The summed E-state index contributed by atoms with van der Waals surface area (Å²) in [5.74, 6) is 0.483. The number of thioether (sulfide) groups is 1. The normalized spacial score (nSPS) is 18.9. The van der Waals surface area contributed by atoms with Crippen LogP contribution in [0.5, 0.6) is 0 Å². The first-order chi connectivity index (χ1) is 11.2. The van der Waals surface area contributed by atoms with E-state index in [4.69, 9.17) is 0 Å². The van der Waals surface area contributed by atoms with E-state index >= 15 is 0 Å². The van der Waals surface area contributed by atoms with Crippen LogP contribution in [0.25, 0.3) is 0 Å². The summed E-state index contributed by atoms with van der Waals surface area (Å²) in [4.78, 5) is 31.8. The molecule has 0 aromatic heterocycles. The Bertz CT molecular complexity index is 585. The van der Waals surface area contributed by atoms with Crippen molar-refractivity contribution in [2.45, 2.75) is 18.2 Å². The molecule has 0 spiro atoms. The van der Waals surface area contributed by atoms with Crippen molar-refractivity contribution in [3.63, 3.8) is 0 Å². The fourth-order valence-electron chi connectivity index (χ4n) is 3.10. The zero-order chi connectivity index (χ0) is 16.2. The van der Waals surface area contributed by atoms with Gasteiger partial charge in [0.05, 0.1) is 11.4 Å². The molecule has 1 aromatic rings. The monoisotopic (exact) mass is 333 g/mol. The maximum Gasteiger partial charge on any atom is 0.242 e. The van der Waals surface area contributed by atoms with Gasteiger partial charge in [-0.3, -0.25) is 14.5 Å². The Kier molecular flexibility index (Phi) is 5.23. The van der Waals surface area contributed by atoms with Gasteiger partial charge < -0.3 is 9.80 Å². The predicted octanol–water partition coefficient (Wildman–Crippen LogP) is 1.68. The summed E-state index contributed by atoms with van der Waals surface area (Å²) in [6.07, 6.45) is 1.14. The topological polar surface area (TPSA) is 43.9 Å². The smallest absolute Gasteiger partial charge is 0.242 e. The van der Waals surface area contributed by atoms with Crippen LogP contribution in [0.15, 0.2) is 29.2 Å². The summed E-state index contributed by atoms with van der Waals surface area (Å²) < 4.78 is 0. The SMILES string of the molecule is CCCN1CCN(C(=O)CN2C(=O)CSc3ccccc32)CC1. The quantitative estimate of drug-likeness (QED) is 0.841. The van der Waals surface area contributed by atoms with Gasteiger partial charge in [0.15, 0.2) is 0 Å². The number of fused-ring (bicyclic) bond motifs is 1. The number of nitrogens with zero attached hydrogens (tertiary/aromatic N) is 3. The van der Waals surface area contributed by atoms with E-state index in [9.17, 15) is 9.59 Å². The van der Waals surface area contributed by atoms with Crippen LogP contribution in [0.2, 0.25) is 0 Å². The van der Waals surface area contributed by atoms with Gasteiger partial charge >= 0.3 is 0 Å². The molecule has 23 heavy (non-hydrogen) atoms. The summed E-state index contributed by atoms with van der Waals surface area (Å²) in [6, 6.07) is 7.81. The fraction of sp³-hybridized carbons (Fsp3) is 0.529. The minimum Gasteiger partial charge on any atom is -0.339 e. The van der Waals surface area contributed by atoms with Gasteiger partial charge in [-0.25, -0.2) is 0 Å². The zero-order valence-electron chi connectivity index (χ0n) is 13.5. The molecule has 0 bridgehead atoms. The van der Waals surface area contributed by atoms with Gasteiger partial charge in [0.1, 0.15) is 6.54 Å². The highest BCUT2D eigenvalue weighted by Gasteiger charge is 2.29. The average Bonchev–Trinajstić information content (AvgIpc) is 2.58. The van der Waals surface area contributed by atoms with Gasteiger partial charge in [-0.2, -0.15) is 0 Å². The molecule has 0 atom stereocenters. The van der Waals surface area contributed by atoms with Gasteiger partial charge in [0, 0.05) is 31.1 Å². The maximum atomic E-state index is 12.6. The van der Waals surface area contributed by atoms with Gasteiger partial charge in [0.2, 0.25) is 11.8 Å². The Morgan fingerprint density at radius 1 is 1.17 bits per heavy atom.